The second-order valence-corrected chi connectivity index (χ2v) is 9.22. The fourth-order valence-corrected chi connectivity index (χ4v) is 3.77. The third-order valence-electron chi connectivity index (χ3n) is 4.46. The molecule has 2 heterocycles. The van der Waals surface area contributed by atoms with Gasteiger partial charge in [-0.05, 0) is 47.4 Å². The highest BCUT2D eigenvalue weighted by Gasteiger charge is 2.20. The van der Waals surface area contributed by atoms with E-state index in [2.05, 4.69) is 30.7 Å². The number of hydrogen-bond donors (Lipinski definition) is 0. The summed E-state index contributed by atoms with van der Waals surface area (Å²) >= 11 is 0. The number of rotatable bonds is 4. The normalized spacial score (nSPS) is 12.2. The Kier molecular flexibility index (Phi) is 4.62. The molecule has 0 fully saturated rings. The number of pyridine rings is 1. The van der Waals surface area contributed by atoms with E-state index in [1.807, 2.05) is 6.07 Å². The molecule has 0 bridgehead atoms. The molecule has 29 heavy (non-hydrogen) atoms. The van der Waals surface area contributed by atoms with E-state index in [-0.39, 0.29) is 16.1 Å². The van der Waals surface area contributed by atoms with Gasteiger partial charge in [0.15, 0.2) is 5.58 Å². The quantitative estimate of drug-likeness (QED) is 0.444. The number of fused-ring (bicyclic) bond motifs is 1. The Hall–Kier alpha value is -3.19. The number of nitrogens with zero attached hydrogens (tertiary/aromatic N) is 2. The van der Waals surface area contributed by atoms with E-state index in [1.165, 1.54) is 6.07 Å². The summed E-state index contributed by atoms with van der Waals surface area (Å²) in [6, 6.07) is 16.9. The third kappa shape index (κ3) is 4.00. The monoisotopic (exact) mass is 408 g/mol. The number of benzene rings is 2. The molecule has 0 saturated carbocycles. The lowest BCUT2D eigenvalue weighted by atomic mass is 9.87. The van der Waals surface area contributed by atoms with Crippen LogP contribution in [0.4, 0.5) is 0 Å². The molecular weight excluding hydrogens is 388 g/mol. The van der Waals surface area contributed by atoms with Crippen molar-refractivity contribution in [1.82, 2.24) is 9.97 Å². The van der Waals surface area contributed by atoms with Crippen molar-refractivity contribution in [2.75, 3.05) is 0 Å². The molecule has 0 N–H and O–H groups in total. The largest absolute Gasteiger partial charge is 0.435 e. The molecule has 0 radical (unpaired) electrons. The van der Waals surface area contributed by atoms with Gasteiger partial charge in [0.25, 0.3) is 0 Å². The topological polar surface area (TPSA) is 82.3 Å². The van der Waals surface area contributed by atoms with Crippen LogP contribution in [-0.4, -0.2) is 18.4 Å². The summed E-state index contributed by atoms with van der Waals surface area (Å²) < 4.78 is 36.3. The van der Waals surface area contributed by atoms with Gasteiger partial charge in [0.1, 0.15) is 21.9 Å². The van der Waals surface area contributed by atoms with Crippen molar-refractivity contribution in [3.63, 3.8) is 0 Å². The Morgan fingerprint density at radius 2 is 1.72 bits per heavy atom. The third-order valence-corrected chi connectivity index (χ3v) is 5.72. The van der Waals surface area contributed by atoms with Gasteiger partial charge in [-0.2, -0.15) is 8.42 Å². The average molecular weight is 408 g/mol. The molecule has 2 aromatic heterocycles. The van der Waals surface area contributed by atoms with Crippen LogP contribution in [0.3, 0.4) is 0 Å². The van der Waals surface area contributed by atoms with Gasteiger partial charge in [0.2, 0.25) is 5.89 Å². The van der Waals surface area contributed by atoms with Crippen molar-refractivity contribution < 1.29 is 17.0 Å². The molecule has 0 aliphatic rings. The SMILES string of the molecule is CC(C)(C)c1ccc(S(=O)(=O)Oc2ccc3nc(-c4ccccn4)oc3c2)cc1. The van der Waals surface area contributed by atoms with Crippen molar-refractivity contribution in [2.24, 2.45) is 0 Å². The van der Waals surface area contributed by atoms with Crippen LogP contribution in [0.15, 0.2) is 76.2 Å². The van der Waals surface area contributed by atoms with Gasteiger partial charge in [0.05, 0.1) is 0 Å². The minimum Gasteiger partial charge on any atom is -0.435 e. The van der Waals surface area contributed by atoms with Gasteiger partial charge < -0.3 is 8.60 Å². The van der Waals surface area contributed by atoms with Gasteiger partial charge in [-0.1, -0.05) is 39.0 Å². The van der Waals surface area contributed by atoms with Crippen LogP contribution in [0.2, 0.25) is 0 Å². The molecule has 7 heteroatoms. The molecule has 6 nitrogen and oxygen atoms in total. The van der Waals surface area contributed by atoms with Crippen molar-refractivity contribution in [3.05, 3.63) is 72.4 Å². The lowest BCUT2D eigenvalue weighted by molar-refractivity contribution is 0.485. The highest BCUT2D eigenvalue weighted by molar-refractivity contribution is 7.87. The first kappa shape index (κ1) is 19.1. The van der Waals surface area contributed by atoms with Crippen LogP contribution in [-0.2, 0) is 15.5 Å². The predicted molar refractivity (Wildman–Crippen MR) is 110 cm³/mol. The van der Waals surface area contributed by atoms with E-state index >= 15 is 0 Å². The summed E-state index contributed by atoms with van der Waals surface area (Å²) in [5, 5.41) is 0. The highest BCUT2D eigenvalue weighted by atomic mass is 32.2. The molecule has 0 amide bonds. The zero-order valence-corrected chi connectivity index (χ0v) is 17.1. The summed E-state index contributed by atoms with van der Waals surface area (Å²) in [5.74, 6) is 0.513. The van der Waals surface area contributed by atoms with Gasteiger partial charge in [0, 0.05) is 12.3 Å². The second kappa shape index (κ2) is 7.00. The maximum absolute atomic E-state index is 12.6. The summed E-state index contributed by atoms with van der Waals surface area (Å²) in [6.45, 7) is 6.20. The smallest absolute Gasteiger partial charge is 0.339 e. The van der Waals surface area contributed by atoms with Crippen LogP contribution < -0.4 is 4.18 Å². The van der Waals surface area contributed by atoms with E-state index in [0.29, 0.717) is 22.7 Å². The summed E-state index contributed by atoms with van der Waals surface area (Å²) in [4.78, 5) is 8.68. The maximum Gasteiger partial charge on any atom is 0.339 e. The molecule has 0 aliphatic carbocycles. The molecule has 0 atom stereocenters. The molecule has 0 saturated heterocycles. The minimum absolute atomic E-state index is 0.0637. The van der Waals surface area contributed by atoms with Crippen molar-refractivity contribution >= 4 is 21.2 Å². The van der Waals surface area contributed by atoms with Gasteiger partial charge in [-0.25, -0.2) is 4.98 Å². The van der Waals surface area contributed by atoms with E-state index < -0.39 is 10.1 Å². The number of oxazole rings is 1. The zero-order valence-electron chi connectivity index (χ0n) is 16.3. The molecule has 148 valence electrons. The minimum atomic E-state index is -3.96. The van der Waals surface area contributed by atoms with Crippen LogP contribution in [0.1, 0.15) is 26.3 Å². The Morgan fingerprint density at radius 1 is 0.966 bits per heavy atom. The van der Waals surface area contributed by atoms with Crippen LogP contribution in [0.5, 0.6) is 5.75 Å². The van der Waals surface area contributed by atoms with E-state index in [0.717, 1.165) is 5.56 Å². The molecule has 0 spiro atoms. The Labute approximate surface area is 169 Å². The van der Waals surface area contributed by atoms with E-state index in [1.54, 1.807) is 54.7 Å². The van der Waals surface area contributed by atoms with Crippen molar-refractivity contribution in [3.8, 4) is 17.3 Å². The standard InChI is InChI=1S/C22H20N2O4S/c1-22(2,3)15-7-10-17(11-8-15)29(25,26)28-16-9-12-18-20(14-16)27-21(24-18)19-6-4-5-13-23-19/h4-14H,1-3H3. The van der Waals surface area contributed by atoms with Crippen LogP contribution in [0.25, 0.3) is 22.7 Å². The first-order valence-corrected chi connectivity index (χ1v) is 10.5. The highest BCUT2D eigenvalue weighted by Crippen LogP contribution is 2.28. The Morgan fingerprint density at radius 3 is 2.38 bits per heavy atom. The number of hydrogen-bond acceptors (Lipinski definition) is 6. The summed E-state index contributed by atoms with van der Waals surface area (Å²) in [7, 11) is -3.96. The summed E-state index contributed by atoms with van der Waals surface area (Å²) in [6.07, 6.45) is 1.65. The number of aromatic nitrogens is 2. The van der Waals surface area contributed by atoms with E-state index in [9.17, 15) is 8.42 Å². The van der Waals surface area contributed by atoms with Gasteiger partial charge in [-0.15, -0.1) is 0 Å². The Bertz CT molecular complexity index is 1260. The predicted octanol–water partition coefficient (Wildman–Crippen LogP) is 4.96. The molecule has 4 aromatic rings. The fourth-order valence-electron chi connectivity index (χ4n) is 2.85. The second-order valence-electron chi connectivity index (χ2n) is 7.68. The van der Waals surface area contributed by atoms with Crippen molar-refractivity contribution in [1.29, 1.82) is 0 Å². The van der Waals surface area contributed by atoms with E-state index in [4.69, 9.17) is 8.60 Å². The van der Waals surface area contributed by atoms with Crippen LogP contribution in [0, 0.1) is 0 Å². The molecule has 0 aliphatic heterocycles. The molecule has 2 aromatic carbocycles. The average Bonchev–Trinajstić information content (AvgIpc) is 3.11. The first-order valence-electron chi connectivity index (χ1n) is 9.09. The van der Waals surface area contributed by atoms with Gasteiger partial charge >= 0.3 is 10.1 Å². The lowest BCUT2D eigenvalue weighted by Crippen LogP contribution is -2.13. The maximum atomic E-state index is 12.6. The van der Waals surface area contributed by atoms with Crippen molar-refractivity contribution in [2.45, 2.75) is 31.1 Å². The molecule has 4 rings (SSSR count). The molecular formula is C22H20N2O4S. The van der Waals surface area contributed by atoms with Crippen LogP contribution >= 0.6 is 0 Å². The lowest BCUT2D eigenvalue weighted by Gasteiger charge is -2.19. The Balaban J connectivity index is 1.61. The fraction of sp³-hybridized carbons (Fsp3) is 0.182. The van der Waals surface area contributed by atoms with Gasteiger partial charge in [-0.3, -0.25) is 4.98 Å². The molecule has 0 unspecified atom stereocenters. The zero-order chi connectivity index (χ0) is 20.6. The summed E-state index contributed by atoms with van der Waals surface area (Å²) in [5.41, 5.74) is 2.58. The first-order chi connectivity index (χ1) is 13.7.